The van der Waals surface area contributed by atoms with Crippen molar-refractivity contribution in [2.24, 2.45) is 0 Å². The Morgan fingerprint density at radius 1 is 1.07 bits per heavy atom. The van der Waals surface area contributed by atoms with Crippen LogP contribution in [0.15, 0.2) is 66.2 Å². The van der Waals surface area contributed by atoms with E-state index in [9.17, 15) is 4.79 Å². The van der Waals surface area contributed by atoms with Gasteiger partial charge in [0.1, 0.15) is 11.6 Å². The van der Waals surface area contributed by atoms with E-state index >= 15 is 0 Å². The number of imidazole rings is 1. The lowest BCUT2D eigenvalue weighted by atomic mass is 10.1. The molecule has 1 unspecified atom stereocenters. The Morgan fingerprint density at radius 3 is 2.52 bits per heavy atom. The van der Waals surface area contributed by atoms with Crippen LogP contribution in [0.5, 0.6) is 5.75 Å². The summed E-state index contributed by atoms with van der Waals surface area (Å²) < 4.78 is 5.56. The molecule has 1 N–H and O–H groups in total. The fourth-order valence-electron chi connectivity index (χ4n) is 3.18. The minimum Gasteiger partial charge on any atom is -0.410 e. The summed E-state index contributed by atoms with van der Waals surface area (Å²) in [7, 11) is 0. The number of carbonyl (C=O) groups is 1. The van der Waals surface area contributed by atoms with Crippen LogP contribution in [0.25, 0.3) is 0 Å². The first-order chi connectivity index (χ1) is 14.2. The van der Waals surface area contributed by atoms with E-state index in [1.807, 2.05) is 48.7 Å². The van der Waals surface area contributed by atoms with Crippen molar-refractivity contribution in [1.82, 2.24) is 19.9 Å². The van der Waals surface area contributed by atoms with Crippen molar-refractivity contribution in [3.05, 3.63) is 66.6 Å². The van der Waals surface area contributed by atoms with Crippen LogP contribution in [0.3, 0.4) is 0 Å². The second kappa shape index (κ2) is 9.00. The smallest absolute Gasteiger partial charge is 0.410 e. The number of hydrogen-bond donors (Lipinski definition) is 1. The second-order valence-electron chi connectivity index (χ2n) is 6.75. The minimum atomic E-state index is -0.309. The first kappa shape index (κ1) is 19.3. The topological polar surface area (TPSA) is 74.3 Å². The summed E-state index contributed by atoms with van der Waals surface area (Å²) >= 11 is 1.65. The molecule has 3 heterocycles. The highest BCUT2D eigenvalue weighted by Crippen LogP contribution is 2.33. The zero-order valence-corrected chi connectivity index (χ0v) is 17.0. The number of anilines is 1. The Kier molecular flexibility index (Phi) is 6.00. The van der Waals surface area contributed by atoms with Crippen molar-refractivity contribution < 1.29 is 9.53 Å². The zero-order valence-electron chi connectivity index (χ0n) is 16.2. The summed E-state index contributed by atoms with van der Waals surface area (Å²) in [6.07, 6.45) is 5.03. The summed E-state index contributed by atoms with van der Waals surface area (Å²) in [4.78, 5) is 28.1. The van der Waals surface area contributed by atoms with Gasteiger partial charge in [0.2, 0.25) is 0 Å². The maximum Gasteiger partial charge on any atom is 0.415 e. The molecule has 7 nitrogen and oxygen atoms in total. The molecule has 1 amide bonds. The molecule has 0 bridgehead atoms. The third-order valence-electron chi connectivity index (χ3n) is 4.83. The predicted molar refractivity (Wildman–Crippen MR) is 113 cm³/mol. The van der Waals surface area contributed by atoms with Gasteiger partial charge < -0.3 is 19.5 Å². The second-order valence-corrected chi connectivity index (χ2v) is 8.08. The van der Waals surface area contributed by atoms with E-state index < -0.39 is 0 Å². The molecule has 2 aromatic heterocycles. The molecular weight excluding hydrogens is 386 g/mol. The number of ether oxygens (including phenoxy) is 1. The Hall–Kier alpha value is -3.00. The molecule has 0 saturated carbocycles. The van der Waals surface area contributed by atoms with Gasteiger partial charge >= 0.3 is 6.09 Å². The zero-order chi connectivity index (χ0) is 20.1. The van der Waals surface area contributed by atoms with E-state index in [1.54, 1.807) is 29.1 Å². The van der Waals surface area contributed by atoms with Gasteiger partial charge in [-0.1, -0.05) is 30.0 Å². The molecule has 29 heavy (non-hydrogen) atoms. The van der Waals surface area contributed by atoms with Crippen LogP contribution < -0.4 is 9.64 Å². The fraction of sp³-hybridized carbons (Fsp3) is 0.286. The van der Waals surface area contributed by atoms with E-state index in [-0.39, 0.29) is 11.3 Å². The van der Waals surface area contributed by atoms with Gasteiger partial charge in [-0.05, 0) is 36.8 Å². The average molecular weight is 410 g/mol. The molecule has 1 fully saturated rings. The lowest BCUT2D eigenvalue weighted by molar-refractivity contribution is 0.149. The number of H-pyrrole nitrogens is 1. The van der Waals surface area contributed by atoms with Crippen molar-refractivity contribution in [3.63, 3.8) is 0 Å². The molecule has 150 valence electrons. The summed E-state index contributed by atoms with van der Waals surface area (Å²) in [5.41, 5.74) is 1.15. The summed E-state index contributed by atoms with van der Waals surface area (Å²) in [5, 5.41) is 1.13. The van der Waals surface area contributed by atoms with Crippen LogP contribution in [0, 0.1) is 0 Å². The van der Waals surface area contributed by atoms with Crippen LogP contribution in [-0.4, -0.2) is 52.1 Å². The molecule has 1 aliphatic heterocycles. The fourth-order valence-corrected chi connectivity index (χ4v) is 4.07. The highest BCUT2D eigenvalue weighted by atomic mass is 32.2. The van der Waals surface area contributed by atoms with Crippen LogP contribution in [0.4, 0.5) is 10.6 Å². The molecule has 4 rings (SSSR count). The van der Waals surface area contributed by atoms with Crippen molar-refractivity contribution >= 4 is 23.7 Å². The molecule has 1 saturated heterocycles. The van der Waals surface area contributed by atoms with Crippen molar-refractivity contribution in [2.75, 3.05) is 31.1 Å². The first-order valence-electron chi connectivity index (χ1n) is 9.58. The number of nitrogens with zero attached hydrogens (tertiary/aromatic N) is 4. The summed E-state index contributed by atoms with van der Waals surface area (Å²) in [6.45, 7) is 4.84. The normalized spacial score (nSPS) is 15.2. The lowest BCUT2D eigenvalue weighted by Crippen LogP contribution is -2.49. The molecule has 0 radical (unpaired) electrons. The standard InChI is InChI=1S/C21H23N5O2S/c1-16(29-20-23-10-11-24-20)17-5-7-18(8-6-17)28-21(27)26-14-12-25(13-15-26)19-4-2-3-9-22-19/h2-11,16H,12-15H2,1H3,(H,23,24). The van der Waals surface area contributed by atoms with Crippen LogP contribution >= 0.6 is 11.8 Å². The van der Waals surface area contributed by atoms with Gasteiger partial charge in [0, 0.05) is 50.0 Å². The van der Waals surface area contributed by atoms with E-state index in [2.05, 4.69) is 26.8 Å². The Morgan fingerprint density at radius 2 is 1.86 bits per heavy atom. The Labute approximate surface area is 174 Å². The Bertz CT molecular complexity index is 910. The van der Waals surface area contributed by atoms with E-state index in [4.69, 9.17) is 4.74 Å². The average Bonchev–Trinajstić information content (AvgIpc) is 3.28. The number of carbonyl (C=O) groups excluding carboxylic acids is 1. The van der Waals surface area contributed by atoms with E-state index in [0.29, 0.717) is 18.8 Å². The molecular formula is C21H23N5O2S. The number of pyridine rings is 1. The number of rotatable bonds is 5. The van der Waals surface area contributed by atoms with Gasteiger partial charge in [0.05, 0.1) is 0 Å². The van der Waals surface area contributed by atoms with Gasteiger partial charge in [-0.2, -0.15) is 0 Å². The summed E-state index contributed by atoms with van der Waals surface area (Å²) in [6, 6.07) is 13.5. The third kappa shape index (κ3) is 4.89. The summed E-state index contributed by atoms with van der Waals surface area (Å²) in [5.74, 6) is 1.50. The van der Waals surface area contributed by atoms with Crippen LogP contribution in [0.1, 0.15) is 17.7 Å². The molecule has 0 aliphatic carbocycles. The molecule has 1 aliphatic rings. The number of thioether (sulfide) groups is 1. The SMILES string of the molecule is CC(Sc1ncc[nH]1)c1ccc(OC(=O)N2CCN(c3ccccn3)CC2)cc1. The van der Waals surface area contributed by atoms with Gasteiger partial charge in [-0.3, -0.25) is 0 Å². The predicted octanol–water partition coefficient (Wildman–Crippen LogP) is 3.98. The number of benzene rings is 1. The highest BCUT2D eigenvalue weighted by molar-refractivity contribution is 7.99. The largest absolute Gasteiger partial charge is 0.415 e. The maximum absolute atomic E-state index is 12.5. The Balaban J connectivity index is 1.28. The van der Waals surface area contributed by atoms with Gasteiger partial charge in [-0.15, -0.1) is 0 Å². The number of aromatic nitrogens is 3. The third-order valence-corrected chi connectivity index (χ3v) is 5.90. The number of hydrogen-bond acceptors (Lipinski definition) is 6. The van der Waals surface area contributed by atoms with Gasteiger partial charge in [-0.25, -0.2) is 14.8 Å². The number of amides is 1. The van der Waals surface area contributed by atoms with Crippen molar-refractivity contribution in [2.45, 2.75) is 17.3 Å². The number of aromatic amines is 1. The molecule has 1 atom stereocenters. The van der Waals surface area contributed by atoms with E-state index in [0.717, 1.165) is 29.6 Å². The minimum absolute atomic E-state index is 0.241. The maximum atomic E-state index is 12.5. The number of nitrogens with one attached hydrogen (secondary N) is 1. The van der Waals surface area contributed by atoms with Crippen LogP contribution in [-0.2, 0) is 0 Å². The van der Waals surface area contributed by atoms with Crippen molar-refractivity contribution in [3.8, 4) is 5.75 Å². The van der Waals surface area contributed by atoms with Gasteiger partial charge in [0.25, 0.3) is 0 Å². The van der Waals surface area contributed by atoms with Gasteiger partial charge in [0.15, 0.2) is 5.16 Å². The molecule has 8 heteroatoms. The van der Waals surface area contributed by atoms with Crippen LogP contribution in [0.2, 0.25) is 0 Å². The lowest BCUT2D eigenvalue weighted by Gasteiger charge is -2.34. The van der Waals surface area contributed by atoms with E-state index in [1.165, 1.54) is 0 Å². The van der Waals surface area contributed by atoms with Crippen molar-refractivity contribution in [1.29, 1.82) is 0 Å². The molecule has 3 aromatic rings. The number of piperazine rings is 1. The molecule has 0 spiro atoms. The quantitative estimate of drug-likeness (QED) is 0.643. The monoisotopic (exact) mass is 409 g/mol. The first-order valence-corrected chi connectivity index (χ1v) is 10.5. The highest BCUT2D eigenvalue weighted by Gasteiger charge is 2.23. The molecule has 1 aromatic carbocycles.